The third-order valence-corrected chi connectivity index (χ3v) is 5.41. The van der Waals surface area contributed by atoms with Crippen molar-refractivity contribution >= 4 is 32.7 Å². The van der Waals surface area contributed by atoms with Crippen molar-refractivity contribution in [3.8, 4) is 11.3 Å². The third-order valence-electron chi connectivity index (χ3n) is 5.41. The van der Waals surface area contributed by atoms with Crippen LogP contribution in [0.1, 0.15) is 30.9 Å². The summed E-state index contributed by atoms with van der Waals surface area (Å²) in [5.74, 6) is 0.0382. The number of rotatable bonds is 2. The van der Waals surface area contributed by atoms with Gasteiger partial charge < -0.3 is 4.42 Å². The molecule has 0 aliphatic heterocycles. The lowest BCUT2D eigenvalue weighted by Gasteiger charge is -2.11. The lowest BCUT2D eigenvalue weighted by atomic mass is 9.95. The van der Waals surface area contributed by atoms with Gasteiger partial charge in [-0.3, -0.25) is 4.98 Å². The second kappa shape index (κ2) is 6.16. The summed E-state index contributed by atoms with van der Waals surface area (Å²) in [5.41, 5.74) is 5.51. The van der Waals surface area contributed by atoms with Crippen LogP contribution >= 0.6 is 0 Å². The monoisotopic (exact) mass is 369 g/mol. The molecule has 2 nitrogen and oxygen atoms in total. The van der Waals surface area contributed by atoms with E-state index < -0.39 is 0 Å². The average Bonchev–Trinajstić information content (AvgIpc) is 3.06. The molecule has 0 aliphatic carbocycles. The molecule has 2 aromatic heterocycles. The molecule has 0 spiro atoms. The first-order valence-corrected chi connectivity index (χ1v) is 9.53. The van der Waals surface area contributed by atoms with Crippen molar-refractivity contribution in [2.24, 2.45) is 0 Å². The molecule has 0 saturated carbocycles. The van der Waals surface area contributed by atoms with Crippen LogP contribution in [-0.4, -0.2) is 4.98 Å². The largest absolute Gasteiger partial charge is 0.455 e. The molecular formula is C25H20FNO. The van der Waals surface area contributed by atoms with Crippen molar-refractivity contribution in [3.05, 3.63) is 77.7 Å². The molecule has 5 rings (SSSR count). The molecule has 0 fully saturated rings. The molecule has 3 aromatic carbocycles. The number of hydrogen-bond acceptors (Lipinski definition) is 2. The zero-order valence-electron chi connectivity index (χ0n) is 16.1. The fraction of sp³-hybridized carbons (Fsp3) is 0.160. The fourth-order valence-electron chi connectivity index (χ4n) is 3.95. The molecule has 0 radical (unpaired) electrons. The van der Waals surface area contributed by atoms with E-state index >= 15 is 0 Å². The molecule has 28 heavy (non-hydrogen) atoms. The van der Waals surface area contributed by atoms with Crippen molar-refractivity contribution < 1.29 is 8.81 Å². The van der Waals surface area contributed by atoms with E-state index in [0.717, 1.165) is 49.7 Å². The summed E-state index contributed by atoms with van der Waals surface area (Å²) in [7, 11) is 0. The smallest absolute Gasteiger partial charge is 0.149 e. The van der Waals surface area contributed by atoms with E-state index in [2.05, 4.69) is 50.0 Å². The second-order valence-corrected chi connectivity index (χ2v) is 7.70. The van der Waals surface area contributed by atoms with E-state index in [1.165, 1.54) is 6.20 Å². The van der Waals surface area contributed by atoms with E-state index in [1.807, 2.05) is 30.3 Å². The number of nitrogens with zero attached hydrogens (tertiary/aromatic N) is 1. The van der Waals surface area contributed by atoms with E-state index in [0.29, 0.717) is 11.3 Å². The number of pyridine rings is 1. The van der Waals surface area contributed by atoms with E-state index in [-0.39, 0.29) is 5.82 Å². The number of aromatic nitrogens is 1. The molecule has 5 aromatic rings. The van der Waals surface area contributed by atoms with Crippen molar-refractivity contribution in [2.45, 2.75) is 26.7 Å². The van der Waals surface area contributed by atoms with Crippen LogP contribution in [0.3, 0.4) is 0 Å². The quantitative estimate of drug-likeness (QED) is 0.324. The lowest BCUT2D eigenvalue weighted by molar-refractivity contribution is 0.634. The zero-order valence-corrected chi connectivity index (χ0v) is 16.1. The Hall–Kier alpha value is -3.20. The van der Waals surface area contributed by atoms with Gasteiger partial charge in [-0.2, -0.15) is 0 Å². The van der Waals surface area contributed by atoms with E-state index in [9.17, 15) is 4.39 Å². The van der Waals surface area contributed by atoms with Gasteiger partial charge in [0.25, 0.3) is 0 Å². The molecule has 0 unspecified atom stereocenters. The first kappa shape index (κ1) is 16.9. The van der Waals surface area contributed by atoms with Crippen LogP contribution in [0, 0.1) is 12.7 Å². The van der Waals surface area contributed by atoms with Gasteiger partial charge in [0.1, 0.15) is 17.0 Å². The normalized spacial score (nSPS) is 11.9. The van der Waals surface area contributed by atoms with Crippen LogP contribution in [0.5, 0.6) is 0 Å². The standard InChI is InChI=1S/C25H20FNO/c1-14(2)16-8-9-18-19(12-16)22(26)13-27-24(18)21-11-15(3)10-20-17-6-4-5-7-23(17)28-25(20)21/h4-14H,1-3H3. The minimum Gasteiger partial charge on any atom is -0.455 e. The Kier molecular flexibility index (Phi) is 3.73. The molecule has 0 amide bonds. The minimum atomic E-state index is -0.297. The van der Waals surface area contributed by atoms with E-state index in [4.69, 9.17) is 4.42 Å². The summed E-state index contributed by atoms with van der Waals surface area (Å²) in [5, 5.41) is 3.54. The van der Waals surface area contributed by atoms with Gasteiger partial charge >= 0.3 is 0 Å². The van der Waals surface area contributed by atoms with Gasteiger partial charge in [-0.15, -0.1) is 0 Å². The highest BCUT2D eigenvalue weighted by molar-refractivity contribution is 6.11. The SMILES string of the molecule is Cc1cc(-c2ncc(F)c3cc(C(C)C)ccc23)c2oc3ccccc3c2c1. The van der Waals surface area contributed by atoms with Gasteiger partial charge in [0.05, 0.1) is 11.9 Å². The Balaban J connectivity index is 1.88. The number of para-hydroxylation sites is 1. The van der Waals surface area contributed by atoms with E-state index in [1.54, 1.807) is 0 Å². The van der Waals surface area contributed by atoms with Crippen LogP contribution in [0.25, 0.3) is 44.0 Å². The van der Waals surface area contributed by atoms with Crippen molar-refractivity contribution in [1.82, 2.24) is 4.98 Å². The van der Waals surface area contributed by atoms with Gasteiger partial charge in [0.2, 0.25) is 0 Å². The molecule has 0 N–H and O–H groups in total. The molecule has 2 heterocycles. The summed E-state index contributed by atoms with van der Waals surface area (Å²) in [6.45, 7) is 6.28. The maximum Gasteiger partial charge on any atom is 0.149 e. The van der Waals surface area contributed by atoms with Crippen molar-refractivity contribution in [3.63, 3.8) is 0 Å². The number of furan rings is 1. The van der Waals surface area contributed by atoms with Gasteiger partial charge in [0.15, 0.2) is 0 Å². The molecular weight excluding hydrogens is 349 g/mol. The Labute approximate surface area is 162 Å². The van der Waals surface area contributed by atoms with Gasteiger partial charge in [-0.05, 0) is 48.2 Å². The lowest BCUT2D eigenvalue weighted by Crippen LogP contribution is -1.94. The maximum atomic E-state index is 14.6. The summed E-state index contributed by atoms with van der Waals surface area (Å²) in [6.07, 6.45) is 1.32. The van der Waals surface area contributed by atoms with Crippen LogP contribution in [-0.2, 0) is 0 Å². The van der Waals surface area contributed by atoms with Gasteiger partial charge in [0, 0.05) is 27.1 Å². The average molecular weight is 369 g/mol. The van der Waals surface area contributed by atoms with Crippen LogP contribution in [0.15, 0.2) is 65.2 Å². The zero-order chi connectivity index (χ0) is 19.4. The molecule has 0 aliphatic rings. The first-order valence-electron chi connectivity index (χ1n) is 9.53. The summed E-state index contributed by atoms with van der Waals surface area (Å²) in [4.78, 5) is 4.48. The summed E-state index contributed by atoms with van der Waals surface area (Å²) >= 11 is 0. The molecule has 138 valence electrons. The highest BCUT2D eigenvalue weighted by Crippen LogP contribution is 2.39. The third kappa shape index (κ3) is 2.50. The topological polar surface area (TPSA) is 26.0 Å². The van der Waals surface area contributed by atoms with Gasteiger partial charge in [-0.1, -0.05) is 44.2 Å². The van der Waals surface area contributed by atoms with Gasteiger partial charge in [-0.25, -0.2) is 4.39 Å². The minimum absolute atomic E-state index is 0.297. The summed E-state index contributed by atoms with van der Waals surface area (Å²) < 4.78 is 20.8. The fourth-order valence-corrected chi connectivity index (χ4v) is 3.95. The Bertz CT molecular complexity index is 1360. The van der Waals surface area contributed by atoms with Crippen LogP contribution in [0.4, 0.5) is 4.39 Å². The molecule has 0 bridgehead atoms. The second-order valence-electron chi connectivity index (χ2n) is 7.70. The Morgan fingerprint density at radius 1 is 0.893 bits per heavy atom. The van der Waals surface area contributed by atoms with Crippen LogP contribution < -0.4 is 0 Å². The Morgan fingerprint density at radius 3 is 2.54 bits per heavy atom. The number of aryl methyl sites for hydroxylation is 1. The number of benzene rings is 3. The van der Waals surface area contributed by atoms with Crippen molar-refractivity contribution in [1.29, 1.82) is 0 Å². The van der Waals surface area contributed by atoms with Crippen LogP contribution in [0.2, 0.25) is 0 Å². The number of halogens is 1. The summed E-state index contributed by atoms with van der Waals surface area (Å²) in [6, 6.07) is 18.2. The molecule has 0 atom stereocenters. The van der Waals surface area contributed by atoms with Crippen molar-refractivity contribution in [2.75, 3.05) is 0 Å². The maximum absolute atomic E-state index is 14.6. The Morgan fingerprint density at radius 2 is 1.71 bits per heavy atom. The number of fused-ring (bicyclic) bond motifs is 4. The number of hydrogen-bond donors (Lipinski definition) is 0. The highest BCUT2D eigenvalue weighted by Gasteiger charge is 2.17. The first-order chi connectivity index (χ1) is 13.5. The highest BCUT2D eigenvalue weighted by atomic mass is 19.1. The molecule has 0 saturated heterocycles. The molecule has 3 heteroatoms. The predicted molar refractivity (Wildman–Crippen MR) is 113 cm³/mol. The predicted octanol–water partition coefficient (Wildman–Crippen LogP) is 7.37.